The third-order valence-corrected chi connectivity index (χ3v) is 5.65. The van der Waals surface area contributed by atoms with Crippen LogP contribution in [0, 0.1) is 6.92 Å². The number of anilines is 2. The quantitative estimate of drug-likeness (QED) is 0.297. The molecule has 3 aromatic rings. The maximum absolute atomic E-state index is 13.5. The van der Waals surface area contributed by atoms with Gasteiger partial charge in [-0.15, -0.1) is 0 Å². The second kappa shape index (κ2) is 9.43. The first-order chi connectivity index (χ1) is 16.2. The summed E-state index contributed by atoms with van der Waals surface area (Å²) in [6, 6.07) is 22.5. The summed E-state index contributed by atoms with van der Waals surface area (Å²) in [5, 5.41) is 7.46. The summed E-state index contributed by atoms with van der Waals surface area (Å²) in [7, 11) is 0. The number of nitrogens with zero attached hydrogens (tertiary/aromatic N) is 2. The molecule has 0 aliphatic carbocycles. The first kappa shape index (κ1) is 23.1. The Kier molecular flexibility index (Phi) is 6.41. The van der Waals surface area contributed by atoms with Crippen molar-refractivity contribution in [3.05, 3.63) is 95.1 Å². The molecule has 6 heteroatoms. The zero-order chi connectivity index (χ0) is 24.3. The van der Waals surface area contributed by atoms with Gasteiger partial charge in [0.15, 0.2) is 11.5 Å². The van der Waals surface area contributed by atoms with Crippen LogP contribution in [0.1, 0.15) is 47.8 Å². The number of carbonyl (C=O) groups excluding carboxylic acids is 2. The Morgan fingerprint density at radius 1 is 0.912 bits per heavy atom. The Morgan fingerprint density at radius 2 is 1.56 bits per heavy atom. The van der Waals surface area contributed by atoms with Crippen LogP contribution in [-0.2, 0) is 11.2 Å². The van der Waals surface area contributed by atoms with Gasteiger partial charge >= 0.3 is 0 Å². The van der Waals surface area contributed by atoms with Gasteiger partial charge in [0.05, 0.1) is 16.9 Å². The second-order valence-corrected chi connectivity index (χ2v) is 9.13. The van der Waals surface area contributed by atoms with E-state index in [0.717, 1.165) is 23.1 Å². The standard InChI is InChI=1S/C28H28N4O2/c1-18-9-13-22(14-10-18)29-27(34)26(32-31-23-15-11-20(12-16-23)19(2)33)25-24-8-6-5-7-21(24)17-28(3,4)30-25/h5-16,31H,17H2,1-4H3,(H,29,34)/b32-26-. The number of rotatable bonds is 6. The number of amides is 1. The van der Waals surface area contributed by atoms with Crippen molar-refractivity contribution < 1.29 is 9.59 Å². The minimum absolute atomic E-state index is 0.0105. The molecule has 0 unspecified atom stereocenters. The molecule has 0 spiro atoms. The van der Waals surface area contributed by atoms with Crippen molar-refractivity contribution in [1.29, 1.82) is 0 Å². The summed E-state index contributed by atoms with van der Waals surface area (Å²) in [6.07, 6.45) is 0.777. The van der Waals surface area contributed by atoms with Gasteiger partial charge in [0.1, 0.15) is 0 Å². The van der Waals surface area contributed by atoms with E-state index in [2.05, 4.69) is 21.9 Å². The van der Waals surface area contributed by atoms with E-state index in [4.69, 9.17) is 4.99 Å². The monoisotopic (exact) mass is 452 g/mol. The van der Waals surface area contributed by atoms with E-state index in [1.807, 2.05) is 63.2 Å². The fourth-order valence-electron chi connectivity index (χ4n) is 3.89. The van der Waals surface area contributed by atoms with Crippen LogP contribution in [0.15, 0.2) is 82.9 Å². The Labute approximate surface area is 199 Å². The molecule has 3 aromatic carbocycles. The number of hydrogen-bond acceptors (Lipinski definition) is 5. The molecule has 0 atom stereocenters. The van der Waals surface area contributed by atoms with E-state index in [-0.39, 0.29) is 22.9 Å². The van der Waals surface area contributed by atoms with Crippen LogP contribution in [0.2, 0.25) is 0 Å². The Hall–Kier alpha value is -4.06. The normalized spacial score (nSPS) is 14.6. The Morgan fingerprint density at radius 3 is 2.24 bits per heavy atom. The van der Waals surface area contributed by atoms with Gasteiger partial charge in [-0.05, 0) is 76.1 Å². The van der Waals surface area contributed by atoms with Crippen LogP contribution in [0.25, 0.3) is 0 Å². The minimum Gasteiger partial charge on any atom is -0.321 e. The lowest BCUT2D eigenvalue weighted by atomic mass is 9.85. The van der Waals surface area contributed by atoms with Crippen molar-refractivity contribution in [2.24, 2.45) is 10.1 Å². The van der Waals surface area contributed by atoms with Crippen LogP contribution in [0.5, 0.6) is 0 Å². The van der Waals surface area contributed by atoms with Crippen LogP contribution in [0.3, 0.4) is 0 Å². The minimum atomic E-state index is -0.377. The van der Waals surface area contributed by atoms with Crippen molar-refractivity contribution >= 4 is 34.5 Å². The highest BCUT2D eigenvalue weighted by Crippen LogP contribution is 2.27. The highest BCUT2D eigenvalue weighted by Gasteiger charge is 2.31. The number of nitrogens with one attached hydrogen (secondary N) is 2. The molecule has 0 bridgehead atoms. The second-order valence-electron chi connectivity index (χ2n) is 9.13. The summed E-state index contributed by atoms with van der Waals surface area (Å²) in [4.78, 5) is 30.0. The molecule has 0 saturated carbocycles. The molecule has 0 aromatic heterocycles. The summed E-state index contributed by atoms with van der Waals surface area (Å²) < 4.78 is 0. The predicted octanol–water partition coefficient (Wildman–Crippen LogP) is 5.43. The summed E-state index contributed by atoms with van der Waals surface area (Å²) in [6.45, 7) is 7.61. The van der Waals surface area contributed by atoms with Crippen LogP contribution < -0.4 is 10.7 Å². The molecule has 4 rings (SSSR count). The number of aryl methyl sites for hydroxylation is 1. The molecule has 6 nitrogen and oxygen atoms in total. The van der Waals surface area contributed by atoms with Gasteiger partial charge in [-0.25, -0.2) is 0 Å². The summed E-state index contributed by atoms with van der Waals surface area (Å²) in [5.41, 5.74) is 8.41. The molecule has 1 aliphatic heterocycles. The number of ketones is 1. The molecule has 1 aliphatic rings. The van der Waals surface area contributed by atoms with Gasteiger partial charge in [0, 0.05) is 16.8 Å². The third kappa shape index (κ3) is 5.29. The zero-order valence-electron chi connectivity index (χ0n) is 19.8. The van der Waals surface area contributed by atoms with E-state index in [0.29, 0.717) is 22.6 Å². The van der Waals surface area contributed by atoms with Crippen molar-refractivity contribution in [3.8, 4) is 0 Å². The highest BCUT2D eigenvalue weighted by atomic mass is 16.2. The van der Waals surface area contributed by atoms with Crippen LogP contribution >= 0.6 is 0 Å². The average Bonchev–Trinajstić information content (AvgIpc) is 2.80. The number of hydrogen-bond donors (Lipinski definition) is 2. The third-order valence-electron chi connectivity index (χ3n) is 5.65. The molecular weight excluding hydrogens is 424 g/mol. The lowest BCUT2D eigenvalue weighted by Gasteiger charge is -2.29. The average molecular weight is 453 g/mol. The Balaban J connectivity index is 1.73. The molecular formula is C28H28N4O2. The van der Waals surface area contributed by atoms with E-state index in [1.54, 1.807) is 24.3 Å². The number of benzene rings is 3. The van der Waals surface area contributed by atoms with Crippen molar-refractivity contribution in [2.45, 2.75) is 39.7 Å². The SMILES string of the molecule is CC(=O)c1ccc(N/N=C(\C(=O)Nc2ccc(C)cc2)C2=NC(C)(C)Cc3ccccc32)cc1. The fraction of sp³-hybridized carbons (Fsp3) is 0.214. The van der Waals surface area contributed by atoms with Gasteiger partial charge in [-0.3, -0.25) is 20.0 Å². The molecule has 1 heterocycles. The van der Waals surface area contributed by atoms with E-state index in [9.17, 15) is 9.59 Å². The van der Waals surface area contributed by atoms with E-state index >= 15 is 0 Å². The van der Waals surface area contributed by atoms with Gasteiger partial charge in [-0.1, -0.05) is 42.0 Å². The molecule has 34 heavy (non-hydrogen) atoms. The Bertz CT molecular complexity index is 1290. The fourth-order valence-corrected chi connectivity index (χ4v) is 3.89. The van der Waals surface area contributed by atoms with Gasteiger partial charge in [-0.2, -0.15) is 5.10 Å². The molecule has 1 amide bonds. The van der Waals surface area contributed by atoms with Crippen molar-refractivity contribution in [3.63, 3.8) is 0 Å². The van der Waals surface area contributed by atoms with Crippen molar-refractivity contribution in [1.82, 2.24) is 0 Å². The van der Waals surface area contributed by atoms with E-state index in [1.165, 1.54) is 6.92 Å². The number of carbonyl (C=O) groups is 2. The number of Topliss-reactive ketones (excluding diaryl/α,β-unsaturated/α-hetero) is 1. The topological polar surface area (TPSA) is 82.9 Å². The summed E-state index contributed by atoms with van der Waals surface area (Å²) >= 11 is 0. The summed E-state index contributed by atoms with van der Waals surface area (Å²) in [5.74, 6) is -0.369. The predicted molar refractivity (Wildman–Crippen MR) is 138 cm³/mol. The van der Waals surface area contributed by atoms with Crippen molar-refractivity contribution in [2.75, 3.05) is 10.7 Å². The zero-order valence-corrected chi connectivity index (χ0v) is 19.8. The maximum atomic E-state index is 13.5. The lowest BCUT2D eigenvalue weighted by molar-refractivity contribution is -0.110. The van der Waals surface area contributed by atoms with Gasteiger partial charge < -0.3 is 5.32 Å². The highest BCUT2D eigenvalue weighted by molar-refractivity contribution is 6.72. The van der Waals surface area contributed by atoms with Gasteiger partial charge in [0.25, 0.3) is 5.91 Å². The van der Waals surface area contributed by atoms with E-state index < -0.39 is 0 Å². The molecule has 0 saturated heterocycles. The molecule has 0 radical (unpaired) electrons. The molecule has 172 valence electrons. The number of fused-ring (bicyclic) bond motifs is 1. The smallest absolute Gasteiger partial charge is 0.278 e. The molecule has 0 fully saturated rings. The van der Waals surface area contributed by atoms with Crippen LogP contribution in [-0.4, -0.2) is 28.7 Å². The lowest BCUT2D eigenvalue weighted by Crippen LogP contribution is -2.38. The number of hydrazone groups is 1. The van der Waals surface area contributed by atoms with Crippen LogP contribution in [0.4, 0.5) is 11.4 Å². The largest absolute Gasteiger partial charge is 0.321 e. The number of aliphatic imine (C=N–C) groups is 1. The first-order valence-corrected chi connectivity index (χ1v) is 11.2. The first-order valence-electron chi connectivity index (χ1n) is 11.2. The molecule has 2 N–H and O–H groups in total. The van der Waals surface area contributed by atoms with Gasteiger partial charge in [0.2, 0.25) is 0 Å². The maximum Gasteiger partial charge on any atom is 0.278 e.